The first kappa shape index (κ1) is 13.3. The lowest BCUT2D eigenvalue weighted by Gasteiger charge is -2.06. The van der Waals surface area contributed by atoms with Crippen LogP contribution in [-0.4, -0.2) is 44.1 Å². The summed E-state index contributed by atoms with van der Waals surface area (Å²) in [6.07, 6.45) is 0. The van der Waals surface area contributed by atoms with Gasteiger partial charge in [0.25, 0.3) is 0 Å². The number of benzene rings is 1. The fourth-order valence-corrected chi connectivity index (χ4v) is 1.96. The first-order valence-electron chi connectivity index (χ1n) is 5.08. The van der Waals surface area contributed by atoms with Gasteiger partial charge in [0, 0.05) is 12.1 Å². The van der Waals surface area contributed by atoms with Gasteiger partial charge in [-0.25, -0.2) is 4.39 Å². The van der Waals surface area contributed by atoms with E-state index in [0.717, 1.165) is 11.8 Å². The van der Waals surface area contributed by atoms with Crippen LogP contribution < -0.4 is 4.74 Å². The van der Waals surface area contributed by atoms with Crippen LogP contribution in [0.2, 0.25) is 0 Å². The third-order valence-corrected chi connectivity index (χ3v) is 3.01. The van der Waals surface area contributed by atoms with Crippen molar-refractivity contribution in [3.8, 4) is 11.4 Å². The van der Waals surface area contributed by atoms with E-state index in [1.54, 1.807) is 6.07 Å². The molecule has 19 heavy (non-hydrogen) atoms. The minimum atomic E-state index is -0.989. The van der Waals surface area contributed by atoms with Crippen LogP contribution in [0.5, 0.6) is 5.75 Å². The summed E-state index contributed by atoms with van der Waals surface area (Å²) in [4.78, 5) is 10.5. The molecule has 0 bridgehead atoms. The van der Waals surface area contributed by atoms with E-state index in [-0.39, 0.29) is 10.9 Å². The summed E-state index contributed by atoms with van der Waals surface area (Å²) in [5, 5.41) is 19.7. The summed E-state index contributed by atoms with van der Waals surface area (Å²) in [7, 11) is 1.41. The number of tetrazole rings is 1. The number of nitrogens with zero attached hydrogens (tertiary/aromatic N) is 4. The lowest BCUT2D eigenvalue weighted by molar-refractivity contribution is -0.133. The molecule has 0 saturated heterocycles. The highest BCUT2D eigenvalue weighted by Crippen LogP contribution is 2.22. The Kier molecular flexibility index (Phi) is 3.95. The molecule has 0 spiro atoms. The molecule has 0 fully saturated rings. The number of methoxy groups -OCH3 is 1. The number of thioether (sulfide) groups is 1. The van der Waals surface area contributed by atoms with Crippen molar-refractivity contribution < 1.29 is 19.0 Å². The van der Waals surface area contributed by atoms with Gasteiger partial charge < -0.3 is 9.84 Å². The van der Waals surface area contributed by atoms with Crippen molar-refractivity contribution in [2.24, 2.45) is 0 Å². The predicted molar refractivity (Wildman–Crippen MR) is 64.0 cm³/mol. The van der Waals surface area contributed by atoms with Gasteiger partial charge in [-0.3, -0.25) is 4.79 Å². The molecule has 1 N–H and O–H groups in total. The molecule has 100 valence electrons. The van der Waals surface area contributed by atoms with Crippen LogP contribution in [0.3, 0.4) is 0 Å². The summed E-state index contributed by atoms with van der Waals surface area (Å²) < 4.78 is 19.6. The van der Waals surface area contributed by atoms with Crippen molar-refractivity contribution in [1.82, 2.24) is 20.2 Å². The van der Waals surface area contributed by atoms with E-state index >= 15 is 0 Å². The fourth-order valence-electron chi connectivity index (χ4n) is 1.35. The molecule has 1 aromatic heterocycles. The van der Waals surface area contributed by atoms with Gasteiger partial charge >= 0.3 is 5.97 Å². The van der Waals surface area contributed by atoms with Gasteiger partial charge in [0.15, 0.2) is 0 Å². The third kappa shape index (κ3) is 3.19. The Balaban J connectivity index is 2.33. The number of hydrogen-bond acceptors (Lipinski definition) is 6. The lowest BCUT2D eigenvalue weighted by atomic mass is 10.3. The van der Waals surface area contributed by atoms with Crippen LogP contribution in [0.4, 0.5) is 4.39 Å². The number of halogens is 1. The Morgan fingerprint density at radius 3 is 3.00 bits per heavy atom. The lowest BCUT2D eigenvalue weighted by Crippen LogP contribution is -2.03. The smallest absolute Gasteiger partial charge is 0.313 e. The number of aromatic nitrogens is 4. The summed E-state index contributed by atoms with van der Waals surface area (Å²) in [5.74, 6) is -1.36. The molecule has 0 atom stereocenters. The molecule has 0 saturated carbocycles. The third-order valence-electron chi connectivity index (χ3n) is 2.10. The summed E-state index contributed by atoms with van der Waals surface area (Å²) in [6.45, 7) is 0. The maximum Gasteiger partial charge on any atom is 0.313 e. The Hall–Kier alpha value is -2.16. The van der Waals surface area contributed by atoms with E-state index in [1.807, 2.05) is 0 Å². The van der Waals surface area contributed by atoms with Crippen molar-refractivity contribution in [3.63, 3.8) is 0 Å². The molecule has 2 aromatic rings. The normalized spacial score (nSPS) is 10.4. The second-order valence-corrected chi connectivity index (χ2v) is 4.35. The maximum absolute atomic E-state index is 13.4. The first-order valence-corrected chi connectivity index (χ1v) is 6.06. The number of carboxylic acid groups (broad SMARTS) is 1. The molecule has 0 amide bonds. The predicted octanol–water partition coefficient (Wildman–Crippen LogP) is 0.987. The summed E-state index contributed by atoms with van der Waals surface area (Å²) in [5.41, 5.74) is 0.356. The zero-order valence-electron chi connectivity index (χ0n) is 9.78. The molecule has 9 heteroatoms. The number of ether oxygens (including phenoxy) is 1. The number of rotatable bonds is 5. The zero-order valence-corrected chi connectivity index (χ0v) is 10.6. The summed E-state index contributed by atoms with van der Waals surface area (Å²) in [6, 6.07) is 3.99. The van der Waals surface area contributed by atoms with Crippen LogP contribution in [0.15, 0.2) is 23.4 Å². The molecular weight excluding hydrogens is 275 g/mol. The van der Waals surface area contributed by atoms with E-state index in [1.165, 1.54) is 23.9 Å². The zero-order chi connectivity index (χ0) is 13.8. The molecule has 0 aliphatic rings. The minimum Gasteiger partial charge on any atom is -0.497 e. The van der Waals surface area contributed by atoms with E-state index in [4.69, 9.17) is 9.84 Å². The van der Waals surface area contributed by atoms with Crippen molar-refractivity contribution in [2.75, 3.05) is 12.9 Å². The molecule has 1 heterocycles. The largest absolute Gasteiger partial charge is 0.497 e. The molecular formula is C10H9FN4O3S. The molecule has 7 nitrogen and oxygen atoms in total. The van der Waals surface area contributed by atoms with E-state index in [0.29, 0.717) is 11.4 Å². The second kappa shape index (κ2) is 5.65. The Morgan fingerprint density at radius 2 is 2.32 bits per heavy atom. The van der Waals surface area contributed by atoms with Crippen LogP contribution in [0, 0.1) is 5.82 Å². The highest BCUT2D eigenvalue weighted by molar-refractivity contribution is 7.99. The first-order chi connectivity index (χ1) is 9.10. The maximum atomic E-state index is 13.4. The van der Waals surface area contributed by atoms with Crippen LogP contribution in [0.25, 0.3) is 5.69 Å². The van der Waals surface area contributed by atoms with Gasteiger partial charge in [0.2, 0.25) is 5.16 Å². The number of carboxylic acids is 1. The number of carbonyl (C=O) groups is 1. The molecule has 0 aliphatic carbocycles. The molecule has 2 rings (SSSR count). The van der Waals surface area contributed by atoms with Crippen LogP contribution in [-0.2, 0) is 4.79 Å². The van der Waals surface area contributed by atoms with Gasteiger partial charge in [-0.1, -0.05) is 11.8 Å². The standard InChI is InChI=1S/C10H9FN4O3S/c1-18-8-3-6(11)2-7(4-8)15-10(12-13-14-15)19-5-9(16)17/h2-4H,5H2,1H3,(H,16,17). The second-order valence-electron chi connectivity index (χ2n) is 3.40. The van der Waals surface area contributed by atoms with Gasteiger partial charge in [-0.2, -0.15) is 4.68 Å². The highest BCUT2D eigenvalue weighted by Gasteiger charge is 2.12. The van der Waals surface area contributed by atoms with Crippen molar-refractivity contribution in [2.45, 2.75) is 5.16 Å². The topological polar surface area (TPSA) is 90.1 Å². The van der Waals surface area contributed by atoms with Crippen molar-refractivity contribution >= 4 is 17.7 Å². The average Bonchev–Trinajstić information content (AvgIpc) is 2.83. The minimum absolute atomic E-state index is 0.188. The van der Waals surface area contributed by atoms with E-state index < -0.39 is 11.8 Å². The molecule has 0 aliphatic heterocycles. The monoisotopic (exact) mass is 284 g/mol. The van der Waals surface area contributed by atoms with Gasteiger partial charge in [-0.05, 0) is 16.5 Å². The van der Waals surface area contributed by atoms with E-state index in [2.05, 4.69) is 15.5 Å². The van der Waals surface area contributed by atoms with Gasteiger partial charge in [-0.15, -0.1) is 5.10 Å². The van der Waals surface area contributed by atoms with Crippen molar-refractivity contribution in [1.29, 1.82) is 0 Å². The van der Waals surface area contributed by atoms with Crippen LogP contribution in [0.1, 0.15) is 0 Å². The van der Waals surface area contributed by atoms with Gasteiger partial charge in [0.1, 0.15) is 11.6 Å². The Morgan fingerprint density at radius 1 is 1.53 bits per heavy atom. The number of aliphatic carboxylic acids is 1. The number of hydrogen-bond donors (Lipinski definition) is 1. The highest BCUT2D eigenvalue weighted by atomic mass is 32.2. The summed E-state index contributed by atoms with van der Waals surface area (Å²) >= 11 is 0.940. The fraction of sp³-hybridized carbons (Fsp3) is 0.200. The average molecular weight is 284 g/mol. The Labute approximate surface area is 111 Å². The van der Waals surface area contributed by atoms with Crippen molar-refractivity contribution in [3.05, 3.63) is 24.0 Å². The quantitative estimate of drug-likeness (QED) is 0.818. The SMILES string of the molecule is COc1cc(F)cc(-n2nnnc2SCC(=O)O)c1. The van der Waals surface area contributed by atoms with E-state index in [9.17, 15) is 9.18 Å². The Bertz CT molecular complexity index is 604. The molecule has 0 radical (unpaired) electrons. The van der Waals surface area contributed by atoms with Gasteiger partial charge in [0.05, 0.1) is 18.6 Å². The molecule has 1 aromatic carbocycles. The van der Waals surface area contributed by atoms with Crippen LogP contribution >= 0.6 is 11.8 Å². The molecule has 0 unspecified atom stereocenters.